The molecule has 0 saturated carbocycles. The molecule has 28 heavy (non-hydrogen) atoms. The highest BCUT2D eigenvalue weighted by Crippen LogP contribution is 2.32. The van der Waals surface area contributed by atoms with E-state index in [1.54, 1.807) is 32.2 Å². The van der Waals surface area contributed by atoms with E-state index in [1.807, 2.05) is 31.2 Å². The van der Waals surface area contributed by atoms with Gasteiger partial charge in [0.25, 0.3) is 0 Å². The van der Waals surface area contributed by atoms with Crippen molar-refractivity contribution >= 4 is 21.6 Å². The van der Waals surface area contributed by atoms with Crippen molar-refractivity contribution in [3.63, 3.8) is 0 Å². The summed E-state index contributed by atoms with van der Waals surface area (Å²) in [7, 11) is -0.726. The van der Waals surface area contributed by atoms with E-state index >= 15 is 0 Å². The van der Waals surface area contributed by atoms with Crippen LogP contribution in [-0.4, -0.2) is 40.8 Å². The molecule has 1 N–H and O–H groups in total. The van der Waals surface area contributed by atoms with E-state index in [1.165, 1.54) is 7.11 Å². The smallest absolute Gasteiger partial charge is 0.243 e. The number of methoxy groups -OCH3 is 2. The van der Waals surface area contributed by atoms with Gasteiger partial charge in [-0.3, -0.25) is 9.10 Å². The molecule has 152 valence electrons. The van der Waals surface area contributed by atoms with Crippen molar-refractivity contribution in [2.24, 2.45) is 0 Å². The number of anilines is 1. The summed E-state index contributed by atoms with van der Waals surface area (Å²) in [6.07, 6.45) is 1.07. The third-order valence-electron chi connectivity index (χ3n) is 4.31. The van der Waals surface area contributed by atoms with Gasteiger partial charge in [0, 0.05) is 12.1 Å². The Morgan fingerprint density at radius 1 is 1.11 bits per heavy atom. The SMILES string of the molecule is COc1ccccc1CNC(=O)[C@@H](C)N(c1cc(C)ccc1OC)S(C)(=O)=O. The summed E-state index contributed by atoms with van der Waals surface area (Å²) in [5, 5.41) is 2.78. The van der Waals surface area contributed by atoms with E-state index in [0.29, 0.717) is 17.2 Å². The normalized spacial score (nSPS) is 12.2. The number of aryl methyl sites for hydroxylation is 1. The molecule has 2 aromatic carbocycles. The average molecular weight is 407 g/mol. The number of amides is 1. The second-order valence-corrected chi connectivity index (χ2v) is 8.30. The topological polar surface area (TPSA) is 84.9 Å². The van der Waals surface area contributed by atoms with Crippen LogP contribution in [0.3, 0.4) is 0 Å². The van der Waals surface area contributed by atoms with Gasteiger partial charge in [0.2, 0.25) is 15.9 Å². The Morgan fingerprint density at radius 2 is 1.75 bits per heavy atom. The number of carbonyl (C=O) groups is 1. The molecule has 0 fully saturated rings. The van der Waals surface area contributed by atoms with Crippen LogP contribution in [-0.2, 0) is 21.4 Å². The number of para-hydroxylation sites is 1. The Bertz CT molecular complexity index is 943. The molecule has 2 aromatic rings. The standard InChI is InChI=1S/C20H26N2O5S/c1-14-10-11-19(27-4)17(12-14)22(28(5,24)25)15(2)20(23)21-13-16-8-6-7-9-18(16)26-3/h6-12,15H,13H2,1-5H3,(H,21,23)/t15-/m1/s1. The van der Waals surface area contributed by atoms with Crippen LogP contribution in [0.15, 0.2) is 42.5 Å². The van der Waals surface area contributed by atoms with Gasteiger partial charge in [-0.25, -0.2) is 8.42 Å². The van der Waals surface area contributed by atoms with E-state index < -0.39 is 22.0 Å². The molecule has 0 unspecified atom stereocenters. The maximum atomic E-state index is 12.8. The van der Waals surface area contributed by atoms with Crippen LogP contribution in [0.1, 0.15) is 18.1 Å². The van der Waals surface area contributed by atoms with Gasteiger partial charge in [0.05, 0.1) is 26.2 Å². The van der Waals surface area contributed by atoms with Gasteiger partial charge in [0.1, 0.15) is 17.5 Å². The molecule has 0 aliphatic carbocycles. The molecule has 0 heterocycles. The van der Waals surface area contributed by atoms with Crippen molar-refractivity contribution in [3.8, 4) is 11.5 Å². The molecule has 0 bridgehead atoms. The zero-order chi connectivity index (χ0) is 20.9. The van der Waals surface area contributed by atoms with Gasteiger partial charge in [-0.1, -0.05) is 24.3 Å². The number of hydrogen-bond donors (Lipinski definition) is 1. The lowest BCUT2D eigenvalue weighted by Gasteiger charge is -2.29. The zero-order valence-electron chi connectivity index (χ0n) is 16.7. The first-order valence-corrected chi connectivity index (χ1v) is 10.6. The number of nitrogens with one attached hydrogen (secondary N) is 1. The molecular formula is C20H26N2O5S. The van der Waals surface area contributed by atoms with Crippen LogP contribution >= 0.6 is 0 Å². The second-order valence-electron chi connectivity index (χ2n) is 6.44. The average Bonchev–Trinajstić information content (AvgIpc) is 2.65. The van der Waals surface area contributed by atoms with Crippen molar-refractivity contribution in [2.45, 2.75) is 26.4 Å². The highest BCUT2D eigenvalue weighted by atomic mass is 32.2. The molecule has 0 aliphatic heterocycles. The Hall–Kier alpha value is -2.74. The fourth-order valence-electron chi connectivity index (χ4n) is 2.93. The lowest BCUT2D eigenvalue weighted by molar-refractivity contribution is -0.122. The molecule has 0 spiro atoms. The van der Waals surface area contributed by atoms with Crippen LogP contribution in [0.2, 0.25) is 0 Å². The quantitative estimate of drug-likeness (QED) is 0.728. The number of ether oxygens (including phenoxy) is 2. The van der Waals surface area contributed by atoms with Crippen LogP contribution < -0.4 is 19.1 Å². The van der Waals surface area contributed by atoms with Gasteiger partial charge in [-0.2, -0.15) is 0 Å². The minimum absolute atomic E-state index is 0.218. The number of hydrogen-bond acceptors (Lipinski definition) is 5. The van der Waals surface area contributed by atoms with Gasteiger partial charge >= 0.3 is 0 Å². The molecule has 0 saturated heterocycles. The summed E-state index contributed by atoms with van der Waals surface area (Å²) < 4.78 is 36.7. The minimum atomic E-state index is -3.74. The zero-order valence-corrected chi connectivity index (χ0v) is 17.5. The summed E-state index contributed by atoms with van der Waals surface area (Å²) in [6.45, 7) is 3.60. The third-order valence-corrected chi connectivity index (χ3v) is 5.53. The van der Waals surface area contributed by atoms with Crippen LogP contribution in [0.5, 0.6) is 11.5 Å². The van der Waals surface area contributed by atoms with Crippen LogP contribution in [0.25, 0.3) is 0 Å². The summed E-state index contributed by atoms with van der Waals surface area (Å²) in [4.78, 5) is 12.8. The predicted molar refractivity (Wildman–Crippen MR) is 109 cm³/mol. The molecule has 0 aliphatic rings. The number of rotatable bonds is 8. The highest BCUT2D eigenvalue weighted by molar-refractivity contribution is 7.92. The Morgan fingerprint density at radius 3 is 2.36 bits per heavy atom. The third kappa shape index (κ3) is 4.95. The molecule has 0 radical (unpaired) electrons. The molecule has 1 amide bonds. The largest absolute Gasteiger partial charge is 0.496 e. The second kappa shape index (κ2) is 8.97. The van der Waals surface area contributed by atoms with Crippen molar-refractivity contribution in [2.75, 3.05) is 24.8 Å². The highest BCUT2D eigenvalue weighted by Gasteiger charge is 2.31. The fraction of sp³-hybridized carbons (Fsp3) is 0.350. The first-order valence-electron chi connectivity index (χ1n) is 8.72. The molecule has 7 nitrogen and oxygen atoms in total. The summed E-state index contributed by atoms with van der Waals surface area (Å²) in [6, 6.07) is 11.5. The fourth-order valence-corrected chi connectivity index (χ4v) is 4.10. The number of benzene rings is 2. The van der Waals surface area contributed by atoms with Gasteiger partial charge in [-0.05, 0) is 37.6 Å². The van der Waals surface area contributed by atoms with E-state index in [0.717, 1.165) is 21.7 Å². The summed E-state index contributed by atoms with van der Waals surface area (Å²) in [5.41, 5.74) is 1.97. The molecule has 1 atom stereocenters. The lowest BCUT2D eigenvalue weighted by atomic mass is 10.1. The lowest BCUT2D eigenvalue weighted by Crippen LogP contribution is -2.47. The molecular weight excluding hydrogens is 380 g/mol. The summed E-state index contributed by atoms with van der Waals surface area (Å²) >= 11 is 0. The van der Waals surface area contributed by atoms with Gasteiger partial charge in [0.15, 0.2) is 0 Å². The maximum Gasteiger partial charge on any atom is 0.243 e. The van der Waals surface area contributed by atoms with Crippen LogP contribution in [0.4, 0.5) is 5.69 Å². The summed E-state index contributed by atoms with van der Waals surface area (Å²) in [5.74, 6) is 0.594. The van der Waals surface area contributed by atoms with E-state index in [4.69, 9.17) is 9.47 Å². The van der Waals surface area contributed by atoms with Crippen molar-refractivity contribution in [1.29, 1.82) is 0 Å². The van der Waals surface area contributed by atoms with E-state index in [-0.39, 0.29) is 6.54 Å². The van der Waals surface area contributed by atoms with Crippen LogP contribution in [0, 0.1) is 6.92 Å². The van der Waals surface area contributed by atoms with E-state index in [2.05, 4.69) is 5.32 Å². The Kier molecular flexibility index (Phi) is 6.90. The number of nitrogens with zero attached hydrogens (tertiary/aromatic N) is 1. The first kappa shape index (κ1) is 21.6. The van der Waals surface area contributed by atoms with Gasteiger partial charge < -0.3 is 14.8 Å². The molecule has 8 heteroatoms. The Balaban J connectivity index is 2.30. The minimum Gasteiger partial charge on any atom is -0.496 e. The maximum absolute atomic E-state index is 12.8. The van der Waals surface area contributed by atoms with Crippen molar-refractivity contribution in [3.05, 3.63) is 53.6 Å². The Labute approximate surface area is 166 Å². The van der Waals surface area contributed by atoms with Crippen molar-refractivity contribution in [1.82, 2.24) is 5.32 Å². The van der Waals surface area contributed by atoms with Crippen molar-refractivity contribution < 1.29 is 22.7 Å². The predicted octanol–water partition coefficient (Wildman–Crippen LogP) is 2.48. The molecule has 2 rings (SSSR count). The number of sulfonamides is 1. The molecule has 0 aromatic heterocycles. The first-order chi connectivity index (χ1) is 13.2. The monoisotopic (exact) mass is 406 g/mol. The van der Waals surface area contributed by atoms with E-state index in [9.17, 15) is 13.2 Å². The van der Waals surface area contributed by atoms with Gasteiger partial charge in [-0.15, -0.1) is 0 Å². The number of carbonyl (C=O) groups excluding carboxylic acids is 1.